The van der Waals surface area contributed by atoms with Gasteiger partial charge in [0, 0.05) is 17.8 Å². The summed E-state index contributed by atoms with van der Waals surface area (Å²) in [6.45, 7) is 0. The third-order valence-corrected chi connectivity index (χ3v) is 2.84. The standard InChI is InChI=1S/C11H6Cl2FNO/c12-8-2-1-6(3-9(8)13)7-4-11(16)15-5-10(7)14/h1-5H,(H,15,16). The fourth-order valence-corrected chi connectivity index (χ4v) is 1.64. The molecule has 0 aliphatic carbocycles. The predicted molar refractivity (Wildman–Crippen MR) is 62.5 cm³/mol. The summed E-state index contributed by atoms with van der Waals surface area (Å²) < 4.78 is 13.4. The third kappa shape index (κ3) is 2.10. The van der Waals surface area contributed by atoms with Crippen molar-refractivity contribution in [3.8, 4) is 11.1 Å². The maximum atomic E-state index is 13.4. The number of halogens is 3. The van der Waals surface area contributed by atoms with Gasteiger partial charge < -0.3 is 4.98 Å². The zero-order valence-electron chi connectivity index (χ0n) is 7.93. The summed E-state index contributed by atoms with van der Waals surface area (Å²) >= 11 is 11.6. The van der Waals surface area contributed by atoms with Gasteiger partial charge in [-0.05, 0) is 17.7 Å². The smallest absolute Gasteiger partial charge is 0.248 e. The number of hydrogen-bond acceptors (Lipinski definition) is 1. The van der Waals surface area contributed by atoms with Gasteiger partial charge in [-0.25, -0.2) is 4.39 Å². The Bertz CT molecular complexity index is 595. The number of hydrogen-bond donors (Lipinski definition) is 1. The molecule has 1 aromatic heterocycles. The minimum absolute atomic E-state index is 0.197. The number of benzene rings is 1. The number of aromatic amines is 1. The second-order valence-electron chi connectivity index (χ2n) is 3.19. The SMILES string of the molecule is O=c1cc(-c2ccc(Cl)c(Cl)c2)c(F)c[nH]1. The molecule has 0 saturated carbocycles. The first-order chi connectivity index (χ1) is 7.58. The van der Waals surface area contributed by atoms with E-state index in [1.807, 2.05) is 0 Å². The van der Waals surface area contributed by atoms with Crippen LogP contribution in [0.1, 0.15) is 0 Å². The van der Waals surface area contributed by atoms with Crippen LogP contribution >= 0.6 is 23.2 Å². The lowest BCUT2D eigenvalue weighted by molar-refractivity contribution is 0.624. The van der Waals surface area contributed by atoms with Gasteiger partial charge in [0.15, 0.2) is 0 Å². The Morgan fingerprint density at radius 1 is 1.12 bits per heavy atom. The van der Waals surface area contributed by atoms with E-state index in [0.717, 1.165) is 6.20 Å². The van der Waals surface area contributed by atoms with Gasteiger partial charge in [0.1, 0.15) is 5.82 Å². The second kappa shape index (κ2) is 4.28. The Hall–Kier alpha value is -1.32. The van der Waals surface area contributed by atoms with Crippen molar-refractivity contribution < 1.29 is 4.39 Å². The molecule has 16 heavy (non-hydrogen) atoms. The van der Waals surface area contributed by atoms with Gasteiger partial charge in [-0.2, -0.15) is 0 Å². The molecule has 2 nitrogen and oxygen atoms in total. The van der Waals surface area contributed by atoms with Gasteiger partial charge in [0.05, 0.1) is 10.0 Å². The van der Waals surface area contributed by atoms with E-state index < -0.39 is 5.82 Å². The van der Waals surface area contributed by atoms with Crippen molar-refractivity contribution in [1.82, 2.24) is 4.98 Å². The molecule has 1 N–H and O–H groups in total. The minimum atomic E-state index is -0.516. The van der Waals surface area contributed by atoms with Gasteiger partial charge >= 0.3 is 0 Å². The first-order valence-electron chi connectivity index (χ1n) is 4.41. The molecule has 0 bridgehead atoms. The molecule has 2 aromatic rings. The van der Waals surface area contributed by atoms with Crippen molar-refractivity contribution >= 4 is 23.2 Å². The molecule has 5 heteroatoms. The number of aromatic nitrogens is 1. The van der Waals surface area contributed by atoms with E-state index in [1.165, 1.54) is 12.1 Å². The van der Waals surface area contributed by atoms with Crippen molar-refractivity contribution in [2.75, 3.05) is 0 Å². The van der Waals surface area contributed by atoms with Crippen molar-refractivity contribution in [2.45, 2.75) is 0 Å². The molecule has 0 atom stereocenters. The monoisotopic (exact) mass is 257 g/mol. The molecule has 0 radical (unpaired) electrons. The Balaban J connectivity index is 2.62. The fraction of sp³-hybridized carbons (Fsp3) is 0. The highest BCUT2D eigenvalue weighted by Crippen LogP contribution is 2.28. The third-order valence-electron chi connectivity index (χ3n) is 2.10. The van der Waals surface area contributed by atoms with Crippen LogP contribution in [-0.4, -0.2) is 4.98 Å². The predicted octanol–water partition coefficient (Wildman–Crippen LogP) is 3.49. The molecule has 2 rings (SSSR count). The van der Waals surface area contributed by atoms with Gasteiger partial charge in [-0.1, -0.05) is 29.3 Å². The van der Waals surface area contributed by atoms with Crippen LogP contribution in [0.5, 0.6) is 0 Å². The van der Waals surface area contributed by atoms with Crippen LogP contribution in [0.4, 0.5) is 4.39 Å². The van der Waals surface area contributed by atoms with Gasteiger partial charge in [0.2, 0.25) is 5.56 Å². The zero-order valence-corrected chi connectivity index (χ0v) is 9.44. The molecular formula is C11H6Cl2FNO. The minimum Gasteiger partial charge on any atom is -0.326 e. The molecule has 0 spiro atoms. The molecule has 1 heterocycles. The van der Waals surface area contributed by atoms with E-state index in [2.05, 4.69) is 4.98 Å². The first-order valence-corrected chi connectivity index (χ1v) is 5.17. The lowest BCUT2D eigenvalue weighted by Gasteiger charge is -2.04. The highest BCUT2D eigenvalue weighted by atomic mass is 35.5. The lowest BCUT2D eigenvalue weighted by Crippen LogP contribution is -2.04. The average Bonchev–Trinajstić information content (AvgIpc) is 2.26. The van der Waals surface area contributed by atoms with Crippen LogP contribution in [0.25, 0.3) is 11.1 Å². The van der Waals surface area contributed by atoms with E-state index in [1.54, 1.807) is 12.1 Å². The van der Waals surface area contributed by atoms with E-state index >= 15 is 0 Å². The van der Waals surface area contributed by atoms with Crippen LogP contribution in [0, 0.1) is 5.82 Å². The summed E-state index contributed by atoms with van der Waals surface area (Å²) in [7, 11) is 0. The van der Waals surface area contributed by atoms with Crippen LogP contribution in [0.3, 0.4) is 0 Å². The summed E-state index contributed by atoms with van der Waals surface area (Å²) in [4.78, 5) is 13.3. The molecule has 0 aliphatic rings. The number of pyridine rings is 1. The molecule has 0 fully saturated rings. The van der Waals surface area contributed by atoms with Gasteiger partial charge in [-0.15, -0.1) is 0 Å². The summed E-state index contributed by atoms with van der Waals surface area (Å²) in [5.74, 6) is -0.516. The second-order valence-corrected chi connectivity index (χ2v) is 4.00. The summed E-state index contributed by atoms with van der Waals surface area (Å²) in [5.41, 5.74) is 0.336. The van der Waals surface area contributed by atoms with Crippen LogP contribution in [0.15, 0.2) is 35.3 Å². The Labute approximate surface area is 101 Å². The zero-order chi connectivity index (χ0) is 11.7. The quantitative estimate of drug-likeness (QED) is 0.834. The Morgan fingerprint density at radius 2 is 1.88 bits per heavy atom. The average molecular weight is 258 g/mol. The first kappa shape index (κ1) is 11.2. The van der Waals surface area contributed by atoms with Crippen molar-refractivity contribution in [3.63, 3.8) is 0 Å². The fourth-order valence-electron chi connectivity index (χ4n) is 1.34. The van der Waals surface area contributed by atoms with Crippen LogP contribution in [-0.2, 0) is 0 Å². The highest BCUT2D eigenvalue weighted by molar-refractivity contribution is 6.42. The Kier molecular flexibility index (Phi) is 2.99. The van der Waals surface area contributed by atoms with E-state index in [-0.39, 0.29) is 11.1 Å². The molecule has 82 valence electrons. The maximum absolute atomic E-state index is 13.4. The topological polar surface area (TPSA) is 32.9 Å². The molecule has 0 saturated heterocycles. The van der Waals surface area contributed by atoms with Crippen molar-refractivity contribution in [2.24, 2.45) is 0 Å². The van der Waals surface area contributed by atoms with E-state index in [4.69, 9.17) is 23.2 Å². The summed E-state index contributed by atoms with van der Waals surface area (Å²) in [6.07, 6.45) is 1.01. The number of H-pyrrole nitrogens is 1. The van der Waals surface area contributed by atoms with Crippen molar-refractivity contribution in [1.29, 1.82) is 0 Å². The normalized spacial score (nSPS) is 10.4. The van der Waals surface area contributed by atoms with Crippen LogP contribution in [0.2, 0.25) is 10.0 Å². The van der Waals surface area contributed by atoms with E-state index in [0.29, 0.717) is 15.6 Å². The van der Waals surface area contributed by atoms with E-state index in [9.17, 15) is 9.18 Å². The number of rotatable bonds is 1. The molecule has 0 amide bonds. The van der Waals surface area contributed by atoms with Crippen LogP contribution < -0.4 is 5.56 Å². The maximum Gasteiger partial charge on any atom is 0.248 e. The van der Waals surface area contributed by atoms with Crippen molar-refractivity contribution in [3.05, 3.63) is 56.7 Å². The summed E-state index contributed by atoms with van der Waals surface area (Å²) in [5, 5.41) is 0.703. The largest absolute Gasteiger partial charge is 0.326 e. The Morgan fingerprint density at radius 3 is 2.56 bits per heavy atom. The molecular weight excluding hydrogens is 252 g/mol. The van der Waals surface area contributed by atoms with Gasteiger partial charge in [-0.3, -0.25) is 4.79 Å². The molecule has 0 aliphatic heterocycles. The lowest BCUT2D eigenvalue weighted by atomic mass is 10.1. The van der Waals surface area contributed by atoms with Gasteiger partial charge in [0.25, 0.3) is 0 Å². The number of nitrogens with one attached hydrogen (secondary N) is 1. The summed E-state index contributed by atoms with van der Waals surface area (Å²) in [6, 6.07) is 5.85. The molecule has 1 aromatic carbocycles. The molecule has 0 unspecified atom stereocenters. The highest BCUT2D eigenvalue weighted by Gasteiger charge is 2.07.